The van der Waals surface area contributed by atoms with Gasteiger partial charge in [0.15, 0.2) is 0 Å². The number of carbonyl (C=O) groups is 1. The fourth-order valence-electron chi connectivity index (χ4n) is 3.79. The highest BCUT2D eigenvalue weighted by Crippen LogP contribution is 2.53. The van der Waals surface area contributed by atoms with Crippen molar-refractivity contribution in [2.45, 2.75) is 83.3 Å². The van der Waals surface area contributed by atoms with Crippen LogP contribution < -0.4 is 5.46 Å². The van der Waals surface area contributed by atoms with Gasteiger partial charge < -0.3 is 14.0 Å². The number of rotatable bonds is 7. The number of hydrogen-bond donors (Lipinski definition) is 0. The minimum atomic E-state index is -0.804. The van der Waals surface area contributed by atoms with Crippen LogP contribution in [0.3, 0.4) is 0 Å². The van der Waals surface area contributed by atoms with E-state index in [0.29, 0.717) is 24.9 Å². The van der Waals surface area contributed by atoms with Gasteiger partial charge in [0.25, 0.3) is 0 Å². The molecule has 28 heavy (non-hydrogen) atoms. The second kappa shape index (κ2) is 7.41. The summed E-state index contributed by atoms with van der Waals surface area (Å²) in [5.41, 5.74) is -1.20. The lowest BCUT2D eigenvalue weighted by molar-refractivity contribution is -0.143. The molecule has 4 nitrogen and oxygen atoms in total. The molecular formula is C21H29BF2O4. The van der Waals surface area contributed by atoms with Crippen molar-refractivity contribution >= 4 is 18.6 Å². The molecule has 1 saturated heterocycles. The fourth-order valence-corrected chi connectivity index (χ4v) is 3.79. The first-order valence-corrected chi connectivity index (χ1v) is 10.0. The monoisotopic (exact) mass is 394 g/mol. The average Bonchev–Trinajstić information content (AvgIpc) is 3.29. The molecule has 0 N–H and O–H groups in total. The highest BCUT2D eigenvalue weighted by Gasteiger charge is 2.53. The van der Waals surface area contributed by atoms with Crippen LogP contribution in [0.25, 0.3) is 0 Å². The molecule has 0 unspecified atom stereocenters. The van der Waals surface area contributed by atoms with Gasteiger partial charge in [0, 0.05) is 17.4 Å². The number of benzene rings is 1. The summed E-state index contributed by atoms with van der Waals surface area (Å²) in [5.74, 6) is -1.41. The van der Waals surface area contributed by atoms with Gasteiger partial charge in [-0.3, -0.25) is 4.79 Å². The van der Waals surface area contributed by atoms with Gasteiger partial charge in [-0.05, 0) is 77.9 Å². The van der Waals surface area contributed by atoms with E-state index in [9.17, 15) is 13.6 Å². The molecule has 2 aliphatic rings. The normalized spacial score (nSPS) is 21.6. The molecule has 0 aromatic heterocycles. The predicted molar refractivity (Wildman–Crippen MR) is 103 cm³/mol. The summed E-state index contributed by atoms with van der Waals surface area (Å²) in [6.45, 7) is 9.70. The third-order valence-electron chi connectivity index (χ3n) is 6.32. The van der Waals surface area contributed by atoms with Gasteiger partial charge >= 0.3 is 13.1 Å². The third-order valence-corrected chi connectivity index (χ3v) is 6.32. The van der Waals surface area contributed by atoms with E-state index in [4.69, 9.17) is 14.0 Å². The molecule has 0 radical (unpaired) electrons. The molecule has 7 heteroatoms. The van der Waals surface area contributed by atoms with E-state index >= 15 is 0 Å². The number of carbonyl (C=O) groups excluding carboxylic acids is 1. The first-order chi connectivity index (χ1) is 13.0. The van der Waals surface area contributed by atoms with Gasteiger partial charge in [0.1, 0.15) is 11.6 Å². The molecule has 0 spiro atoms. The molecule has 0 bridgehead atoms. The highest BCUT2D eigenvalue weighted by molar-refractivity contribution is 6.62. The van der Waals surface area contributed by atoms with E-state index in [-0.39, 0.29) is 18.0 Å². The Labute approximate surface area is 166 Å². The Morgan fingerprint density at radius 1 is 1.11 bits per heavy atom. The summed E-state index contributed by atoms with van der Waals surface area (Å²) in [5, 5.41) is 0. The Kier molecular flexibility index (Phi) is 5.63. The van der Waals surface area contributed by atoms with Crippen molar-refractivity contribution in [3.8, 4) is 0 Å². The largest absolute Gasteiger partial charge is 0.495 e. The van der Waals surface area contributed by atoms with Crippen LogP contribution in [0.1, 0.15) is 72.3 Å². The molecule has 0 atom stereocenters. The maximum Gasteiger partial charge on any atom is 0.495 e. The minimum absolute atomic E-state index is 0.122. The first-order valence-electron chi connectivity index (χ1n) is 10.0. The first kappa shape index (κ1) is 21.2. The molecule has 3 rings (SSSR count). The molecule has 1 aliphatic heterocycles. The zero-order valence-corrected chi connectivity index (χ0v) is 17.4. The van der Waals surface area contributed by atoms with Crippen molar-refractivity contribution in [3.05, 3.63) is 29.3 Å². The van der Waals surface area contributed by atoms with Crippen molar-refractivity contribution in [1.82, 2.24) is 0 Å². The summed E-state index contributed by atoms with van der Waals surface area (Å²) in [4.78, 5) is 11.5. The molecule has 2 fully saturated rings. The van der Waals surface area contributed by atoms with Gasteiger partial charge in [0.2, 0.25) is 0 Å². The van der Waals surface area contributed by atoms with Crippen molar-refractivity contribution in [2.75, 3.05) is 6.61 Å². The molecule has 154 valence electrons. The van der Waals surface area contributed by atoms with Gasteiger partial charge in [-0.2, -0.15) is 0 Å². The number of ether oxygens (including phenoxy) is 1. The van der Waals surface area contributed by atoms with Gasteiger partial charge in [0.05, 0.1) is 17.8 Å². The summed E-state index contributed by atoms with van der Waals surface area (Å²) in [6.07, 6.45) is 2.83. The van der Waals surface area contributed by atoms with Crippen LogP contribution in [0.4, 0.5) is 8.78 Å². The lowest BCUT2D eigenvalue weighted by Gasteiger charge is -2.32. The maximum absolute atomic E-state index is 14.9. The Bertz CT molecular complexity index is 720. The lowest BCUT2D eigenvalue weighted by Crippen LogP contribution is -2.41. The van der Waals surface area contributed by atoms with Gasteiger partial charge in [-0.25, -0.2) is 8.78 Å². The average molecular weight is 394 g/mol. The molecule has 1 heterocycles. The van der Waals surface area contributed by atoms with Crippen molar-refractivity contribution in [3.63, 3.8) is 0 Å². The molecule has 1 aromatic rings. The van der Waals surface area contributed by atoms with Gasteiger partial charge in [-0.15, -0.1) is 0 Å². The minimum Gasteiger partial charge on any atom is -0.466 e. The van der Waals surface area contributed by atoms with Crippen LogP contribution in [0.5, 0.6) is 0 Å². The summed E-state index contributed by atoms with van der Waals surface area (Å²) in [7, 11) is -0.804. The lowest BCUT2D eigenvalue weighted by atomic mass is 9.77. The van der Waals surface area contributed by atoms with E-state index in [0.717, 1.165) is 12.8 Å². The Hall–Kier alpha value is -1.47. The van der Waals surface area contributed by atoms with Crippen molar-refractivity contribution < 1.29 is 27.6 Å². The maximum atomic E-state index is 14.9. The Morgan fingerprint density at radius 2 is 1.64 bits per heavy atom. The highest BCUT2D eigenvalue weighted by atomic mass is 19.1. The SMILES string of the molecule is CCOC(=O)CCCC1(c2c(F)cc(B3OC(C)(C)C(C)(C)O3)cc2F)CC1. The summed E-state index contributed by atoms with van der Waals surface area (Å²) < 4.78 is 46.6. The van der Waals surface area contributed by atoms with Crippen molar-refractivity contribution in [1.29, 1.82) is 0 Å². The fraction of sp³-hybridized carbons (Fsp3) is 0.667. The number of halogens is 2. The van der Waals surface area contributed by atoms with E-state index in [1.54, 1.807) is 6.92 Å². The second-order valence-electron chi connectivity index (χ2n) is 8.89. The molecule has 1 aliphatic carbocycles. The number of esters is 1. The van der Waals surface area contributed by atoms with Crippen LogP contribution in [0.15, 0.2) is 12.1 Å². The van der Waals surface area contributed by atoms with E-state index < -0.39 is 35.4 Å². The van der Waals surface area contributed by atoms with Crippen LogP contribution in [0.2, 0.25) is 0 Å². The van der Waals surface area contributed by atoms with E-state index in [2.05, 4.69) is 0 Å². The number of hydrogen-bond acceptors (Lipinski definition) is 4. The van der Waals surface area contributed by atoms with Crippen LogP contribution in [-0.4, -0.2) is 30.9 Å². The zero-order valence-electron chi connectivity index (χ0n) is 17.4. The Morgan fingerprint density at radius 3 is 2.11 bits per heavy atom. The topological polar surface area (TPSA) is 44.8 Å². The van der Waals surface area contributed by atoms with E-state index in [1.807, 2.05) is 27.7 Å². The third kappa shape index (κ3) is 3.97. The Balaban J connectivity index is 1.75. The summed E-state index contributed by atoms with van der Waals surface area (Å²) >= 11 is 0. The molecular weight excluding hydrogens is 365 g/mol. The quantitative estimate of drug-likeness (QED) is 0.518. The smallest absolute Gasteiger partial charge is 0.466 e. The molecule has 1 aromatic carbocycles. The van der Waals surface area contributed by atoms with E-state index in [1.165, 1.54) is 12.1 Å². The molecule has 1 saturated carbocycles. The van der Waals surface area contributed by atoms with Crippen LogP contribution in [-0.2, 0) is 24.3 Å². The van der Waals surface area contributed by atoms with Crippen LogP contribution >= 0.6 is 0 Å². The van der Waals surface area contributed by atoms with Crippen molar-refractivity contribution in [2.24, 2.45) is 0 Å². The van der Waals surface area contributed by atoms with Crippen LogP contribution in [0, 0.1) is 11.6 Å². The second-order valence-corrected chi connectivity index (χ2v) is 8.89. The summed E-state index contributed by atoms with van der Waals surface area (Å²) in [6, 6.07) is 2.65. The predicted octanol–water partition coefficient (Wildman–Crippen LogP) is 4.03. The zero-order chi connectivity index (χ0) is 20.7. The molecule has 0 amide bonds. The standard InChI is InChI=1S/C21H29BF2O4/c1-6-26-17(25)8-7-9-21(10-11-21)18-15(23)12-14(13-16(18)24)22-27-19(2,3)20(4,5)28-22/h12-13H,6-11H2,1-5H3. The van der Waals surface area contributed by atoms with Gasteiger partial charge in [-0.1, -0.05) is 0 Å².